The molecule has 1 aliphatic heterocycles. The molecule has 5 nitrogen and oxygen atoms in total. The average molecular weight is 240 g/mol. The van der Waals surface area contributed by atoms with Crippen LogP contribution in [0.15, 0.2) is 0 Å². The van der Waals surface area contributed by atoms with E-state index in [1.54, 1.807) is 25.9 Å². The van der Waals surface area contributed by atoms with Gasteiger partial charge in [-0.2, -0.15) is 0 Å². The lowest BCUT2D eigenvalue weighted by Gasteiger charge is -2.43. The molecule has 0 aromatic heterocycles. The molecule has 1 atom stereocenters. The van der Waals surface area contributed by atoms with Crippen LogP contribution in [0.1, 0.15) is 26.7 Å². The first kappa shape index (κ1) is 12.4. The largest absolute Gasteiger partial charge is 0.383 e. The number of ether oxygens (including phenoxy) is 1. The Kier molecular flexibility index (Phi) is 3.12. The van der Waals surface area contributed by atoms with E-state index < -0.39 is 5.54 Å². The first-order chi connectivity index (χ1) is 7.97. The maximum Gasteiger partial charge on any atom is 0.248 e. The molecule has 96 valence electrons. The van der Waals surface area contributed by atoms with Crippen LogP contribution in [0, 0.1) is 5.92 Å². The summed E-state index contributed by atoms with van der Waals surface area (Å²) >= 11 is 0. The average Bonchev–Trinajstić information content (AvgIpc) is 3.04. The zero-order valence-electron chi connectivity index (χ0n) is 10.7. The second kappa shape index (κ2) is 4.29. The SMILES string of the molecule is COCCN1C(=O)C(C)(C)NC(=O)C1C1CC1. The molecule has 0 spiro atoms. The second-order valence-electron chi connectivity index (χ2n) is 5.39. The minimum absolute atomic E-state index is 0.00829. The summed E-state index contributed by atoms with van der Waals surface area (Å²) in [5.74, 6) is 0.311. The Balaban J connectivity index is 2.18. The van der Waals surface area contributed by atoms with E-state index in [0.29, 0.717) is 19.1 Å². The predicted octanol–water partition coefficient (Wildman–Crippen LogP) is 0.148. The summed E-state index contributed by atoms with van der Waals surface area (Å²) in [7, 11) is 1.60. The van der Waals surface area contributed by atoms with E-state index in [-0.39, 0.29) is 17.9 Å². The highest BCUT2D eigenvalue weighted by Crippen LogP contribution is 2.37. The third-order valence-corrected chi connectivity index (χ3v) is 3.44. The van der Waals surface area contributed by atoms with Gasteiger partial charge < -0.3 is 15.0 Å². The van der Waals surface area contributed by atoms with Crippen molar-refractivity contribution in [2.45, 2.75) is 38.3 Å². The molecule has 2 aliphatic rings. The van der Waals surface area contributed by atoms with Crippen LogP contribution >= 0.6 is 0 Å². The molecule has 2 fully saturated rings. The molecular formula is C12H20N2O3. The zero-order chi connectivity index (χ0) is 12.6. The summed E-state index contributed by atoms with van der Waals surface area (Å²) in [5, 5.41) is 2.81. The fourth-order valence-electron chi connectivity index (χ4n) is 2.37. The number of methoxy groups -OCH3 is 1. The van der Waals surface area contributed by atoms with E-state index in [1.807, 2.05) is 0 Å². The topological polar surface area (TPSA) is 58.6 Å². The van der Waals surface area contributed by atoms with Crippen LogP contribution in [0.5, 0.6) is 0 Å². The third kappa shape index (κ3) is 2.29. The Hall–Kier alpha value is -1.10. The van der Waals surface area contributed by atoms with Gasteiger partial charge in [-0.1, -0.05) is 0 Å². The maximum absolute atomic E-state index is 12.3. The van der Waals surface area contributed by atoms with Crippen molar-refractivity contribution >= 4 is 11.8 Å². The number of rotatable bonds is 4. The van der Waals surface area contributed by atoms with Crippen LogP contribution in [0.2, 0.25) is 0 Å². The number of carbonyl (C=O) groups excluding carboxylic acids is 2. The number of nitrogens with zero attached hydrogens (tertiary/aromatic N) is 1. The molecule has 2 amide bonds. The molecule has 0 radical (unpaired) electrons. The minimum Gasteiger partial charge on any atom is -0.383 e. The van der Waals surface area contributed by atoms with Gasteiger partial charge in [-0.15, -0.1) is 0 Å². The maximum atomic E-state index is 12.3. The summed E-state index contributed by atoms with van der Waals surface area (Å²) in [4.78, 5) is 26.1. The lowest BCUT2D eigenvalue weighted by Crippen LogP contribution is -2.69. The van der Waals surface area contributed by atoms with Gasteiger partial charge in [0.15, 0.2) is 0 Å². The number of hydrogen-bond donors (Lipinski definition) is 1. The number of nitrogens with one attached hydrogen (secondary N) is 1. The lowest BCUT2D eigenvalue weighted by molar-refractivity contribution is -0.155. The van der Waals surface area contributed by atoms with Crippen molar-refractivity contribution in [3.8, 4) is 0 Å². The Morgan fingerprint density at radius 1 is 1.41 bits per heavy atom. The van der Waals surface area contributed by atoms with Crippen molar-refractivity contribution in [3.63, 3.8) is 0 Å². The minimum atomic E-state index is -0.795. The van der Waals surface area contributed by atoms with Crippen LogP contribution in [-0.4, -0.2) is 48.6 Å². The van der Waals surface area contributed by atoms with E-state index in [4.69, 9.17) is 4.74 Å². The molecule has 0 bridgehead atoms. The Morgan fingerprint density at radius 2 is 2.06 bits per heavy atom. The standard InChI is InChI=1S/C12H20N2O3/c1-12(2)11(16)14(6-7-17-3)9(8-4-5-8)10(15)13-12/h8-9H,4-7H2,1-3H3,(H,13,15). The van der Waals surface area contributed by atoms with Crippen LogP contribution < -0.4 is 5.32 Å². The highest BCUT2D eigenvalue weighted by molar-refractivity contribution is 5.99. The van der Waals surface area contributed by atoms with Crippen molar-refractivity contribution < 1.29 is 14.3 Å². The van der Waals surface area contributed by atoms with Crippen molar-refractivity contribution in [3.05, 3.63) is 0 Å². The van der Waals surface area contributed by atoms with Crippen LogP contribution in [-0.2, 0) is 14.3 Å². The van der Waals surface area contributed by atoms with Gasteiger partial charge in [0.25, 0.3) is 0 Å². The van der Waals surface area contributed by atoms with Gasteiger partial charge in [-0.05, 0) is 32.6 Å². The zero-order valence-corrected chi connectivity index (χ0v) is 10.7. The van der Waals surface area contributed by atoms with Crippen molar-refractivity contribution in [1.29, 1.82) is 0 Å². The van der Waals surface area contributed by atoms with Gasteiger partial charge in [0, 0.05) is 13.7 Å². The molecule has 1 aliphatic carbocycles. The molecule has 1 N–H and O–H groups in total. The molecule has 0 aromatic carbocycles. The first-order valence-corrected chi connectivity index (χ1v) is 6.09. The van der Waals surface area contributed by atoms with Crippen LogP contribution in [0.3, 0.4) is 0 Å². The molecule has 17 heavy (non-hydrogen) atoms. The quantitative estimate of drug-likeness (QED) is 0.761. The van der Waals surface area contributed by atoms with Gasteiger partial charge >= 0.3 is 0 Å². The number of hydrogen-bond acceptors (Lipinski definition) is 3. The number of piperazine rings is 1. The molecule has 5 heteroatoms. The highest BCUT2D eigenvalue weighted by Gasteiger charge is 2.50. The summed E-state index contributed by atoms with van der Waals surface area (Å²) in [6, 6.07) is -0.286. The van der Waals surface area contributed by atoms with E-state index in [0.717, 1.165) is 12.8 Å². The molecule has 1 saturated heterocycles. The van der Waals surface area contributed by atoms with Gasteiger partial charge in [0.2, 0.25) is 11.8 Å². The summed E-state index contributed by atoms with van der Waals surface area (Å²) in [5.41, 5.74) is -0.795. The molecule has 2 rings (SSSR count). The molecule has 1 unspecified atom stereocenters. The number of carbonyl (C=O) groups is 2. The van der Waals surface area contributed by atoms with Gasteiger partial charge in [0.05, 0.1) is 6.61 Å². The molecular weight excluding hydrogens is 220 g/mol. The predicted molar refractivity (Wildman–Crippen MR) is 62.3 cm³/mol. The molecule has 1 heterocycles. The van der Waals surface area contributed by atoms with Crippen molar-refractivity contribution in [1.82, 2.24) is 10.2 Å². The van der Waals surface area contributed by atoms with Crippen molar-refractivity contribution in [2.75, 3.05) is 20.3 Å². The van der Waals surface area contributed by atoms with Crippen molar-refractivity contribution in [2.24, 2.45) is 5.92 Å². The Bertz CT molecular complexity index is 337. The van der Waals surface area contributed by atoms with E-state index in [2.05, 4.69) is 5.32 Å². The summed E-state index contributed by atoms with van der Waals surface area (Å²) < 4.78 is 5.02. The number of amides is 2. The molecule has 0 aromatic rings. The summed E-state index contributed by atoms with van der Waals surface area (Å²) in [6.07, 6.45) is 2.07. The second-order valence-corrected chi connectivity index (χ2v) is 5.39. The van der Waals surface area contributed by atoms with Crippen LogP contribution in [0.25, 0.3) is 0 Å². The molecule has 1 saturated carbocycles. The monoisotopic (exact) mass is 240 g/mol. The normalized spacial score (nSPS) is 28.2. The van der Waals surface area contributed by atoms with Crippen LogP contribution in [0.4, 0.5) is 0 Å². The fraction of sp³-hybridized carbons (Fsp3) is 0.833. The third-order valence-electron chi connectivity index (χ3n) is 3.44. The van der Waals surface area contributed by atoms with Gasteiger partial charge in [-0.3, -0.25) is 9.59 Å². The van der Waals surface area contributed by atoms with E-state index >= 15 is 0 Å². The first-order valence-electron chi connectivity index (χ1n) is 6.09. The highest BCUT2D eigenvalue weighted by atomic mass is 16.5. The smallest absolute Gasteiger partial charge is 0.248 e. The van der Waals surface area contributed by atoms with Gasteiger partial charge in [0.1, 0.15) is 11.6 Å². The summed E-state index contributed by atoms with van der Waals surface area (Å²) in [6.45, 7) is 4.46. The fourth-order valence-corrected chi connectivity index (χ4v) is 2.37. The van der Waals surface area contributed by atoms with E-state index in [1.165, 1.54) is 0 Å². The lowest BCUT2D eigenvalue weighted by atomic mass is 9.95. The van der Waals surface area contributed by atoms with Gasteiger partial charge in [-0.25, -0.2) is 0 Å². The Labute approximate surface area is 101 Å². The van der Waals surface area contributed by atoms with E-state index in [9.17, 15) is 9.59 Å². The Morgan fingerprint density at radius 3 is 2.59 bits per heavy atom.